The van der Waals surface area contributed by atoms with Gasteiger partial charge in [-0.25, -0.2) is 0 Å². The summed E-state index contributed by atoms with van der Waals surface area (Å²) >= 11 is 5.20. The number of nitrogens with zero attached hydrogens (tertiary/aromatic N) is 1. The molecule has 0 saturated heterocycles. The van der Waals surface area contributed by atoms with Crippen LogP contribution in [0.5, 0.6) is 0 Å². The molecule has 1 aromatic heterocycles. The van der Waals surface area contributed by atoms with E-state index in [1.807, 2.05) is 6.92 Å². The first kappa shape index (κ1) is 15.4. The van der Waals surface area contributed by atoms with Crippen LogP contribution in [0.4, 0.5) is 0 Å². The third-order valence-corrected chi connectivity index (χ3v) is 4.96. The van der Waals surface area contributed by atoms with E-state index in [0.29, 0.717) is 6.54 Å². The van der Waals surface area contributed by atoms with Crippen molar-refractivity contribution in [3.63, 3.8) is 0 Å². The first-order valence-electron chi connectivity index (χ1n) is 5.84. The summed E-state index contributed by atoms with van der Waals surface area (Å²) in [6.45, 7) is 7.87. The molecule has 0 radical (unpaired) electrons. The molecule has 1 heterocycles. The van der Waals surface area contributed by atoms with Gasteiger partial charge in [0, 0.05) is 14.2 Å². The van der Waals surface area contributed by atoms with E-state index in [2.05, 4.69) is 35.5 Å². The second-order valence-corrected chi connectivity index (χ2v) is 6.11. The van der Waals surface area contributed by atoms with Gasteiger partial charge in [0.2, 0.25) is 5.91 Å². The van der Waals surface area contributed by atoms with Crippen LogP contribution in [-0.4, -0.2) is 28.6 Å². The Balaban J connectivity index is 2.91. The third kappa shape index (κ3) is 3.67. The number of carbonyl (C=O) groups is 1. The zero-order chi connectivity index (χ0) is 13.7. The highest BCUT2D eigenvalue weighted by Gasteiger charge is 2.19. The molecule has 0 aliphatic heterocycles. The molecule has 1 rings (SSSR count). The lowest BCUT2D eigenvalue weighted by Gasteiger charge is -2.26. The average molecular weight is 332 g/mol. The van der Waals surface area contributed by atoms with Crippen molar-refractivity contribution >= 4 is 33.2 Å². The Morgan fingerprint density at radius 3 is 2.83 bits per heavy atom. The van der Waals surface area contributed by atoms with Gasteiger partial charge in [0.25, 0.3) is 0 Å². The summed E-state index contributed by atoms with van der Waals surface area (Å²) in [4.78, 5) is 15.8. The lowest BCUT2D eigenvalue weighted by atomic mass is 10.2. The fourth-order valence-electron chi connectivity index (χ4n) is 1.56. The number of halogens is 1. The zero-order valence-corrected chi connectivity index (χ0v) is 13.1. The molecule has 1 aromatic rings. The highest BCUT2D eigenvalue weighted by atomic mass is 79.9. The normalized spacial score (nSPS) is 12.2. The number of aliphatic hydroxyl groups excluding tert-OH is 1. The minimum absolute atomic E-state index is 0.0524. The SMILES string of the molecule is C=CC(=O)N(Cc1sc(CC)cc1Br)[C@@H](C)CO. The lowest BCUT2D eigenvalue weighted by Crippen LogP contribution is -2.39. The number of rotatable bonds is 6. The van der Waals surface area contributed by atoms with E-state index in [1.165, 1.54) is 11.0 Å². The maximum absolute atomic E-state index is 11.8. The standard InChI is InChI=1S/C13H18BrNO2S/c1-4-10-6-11(14)12(18-10)7-15(9(3)8-16)13(17)5-2/h5-6,9,16H,2,4,7-8H2,1,3H3/t9-/m0/s1. The van der Waals surface area contributed by atoms with Crippen molar-refractivity contribution in [3.8, 4) is 0 Å². The molecular formula is C13H18BrNO2S. The van der Waals surface area contributed by atoms with Gasteiger partial charge in [-0.15, -0.1) is 11.3 Å². The van der Waals surface area contributed by atoms with Crippen LogP contribution in [0.1, 0.15) is 23.6 Å². The Morgan fingerprint density at radius 2 is 2.39 bits per heavy atom. The summed E-state index contributed by atoms with van der Waals surface area (Å²) in [6, 6.07) is 1.87. The largest absolute Gasteiger partial charge is 0.394 e. The molecule has 5 heteroatoms. The molecule has 1 atom stereocenters. The van der Waals surface area contributed by atoms with Crippen LogP contribution in [0, 0.1) is 0 Å². The second-order valence-electron chi connectivity index (χ2n) is 4.04. The first-order chi connectivity index (χ1) is 8.53. The summed E-state index contributed by atoms with van der Waals surface area (Å²) in [7, 11) is 0. The molecule has 100 valence electrons. The van der Waals surface area contributed by atoms with E-state index in [9.17, 15) is 9.90 Å². The van der Waals surface area contributed by atoms with E-state index in [0.717, 1.165) is 15.8 Å². The molecule has 0 fully saturated rings. The van der Waals surface area contributed by atoms with E-state index in [4.69, 9.17) is 0 Å². The van der Waals surface area contributed by atoms with Gasteiger partial charge in [-0.05, 0) is 41.4 Å². The summed E-state index contributed by atoms with van der Waals surface area (Å²) in [5, 5.41) is 9.21. The summed E-state index contributed by atoms with van der Waals surface area (Å²) in [5.41, 5.74) is 0. The second kappa shape index (κ2) is 7.07. The van der Waals surface area contributed by atoms with Crippen molar-refractivity contribution in [1.29, 1.82) is 0 Å². The molecule has 0 saturated carbocycles. The molecular weight excluding hydrogens is 314 g/mol. The van der Waals surface area contributed by atoms with Gasteiger partial charge in [-0.3, -0.25) is 4.79 Å². The van der Waals surface area contributed by atoms with E-state index in [1.54, 1.807) is 16.2 Å². The quantitative estimate of drug-likeness (QED) is 0.814. The summed E-state index contributed by atoms with van der Waals surface area (Å²) in [5.74, 6) is -0.158. The third-order valence-electron chi connectivity index (χ3n) is 2.72. The number of hydrogen-bond donors (Lipinski definition) is 1. The Bertz CT molecular complexity index is 431. The fourth-order valence-corrected chi connectivity index (χ4v) is 3.36. The van der Waals surface area contributed by atoms with Crippen LogP contribution in [0.25, 0.3) is 0 Å². The van der Waals surface area contributed by atoms with Crippen LogP contribution >= 0.6 is 27.3 Å². The van der Waals surface area contributed by atoms with Gasteiger partial charge in [-0.2, -0.15) is 0 Å². The Kier molecular flexibility index (Phi) is 6.05. The Hall–Kier alpha value is -0.650. The maximum Gasteiger partial charge on any atom is 0.246 e. The van der Waals surface area contributed by atoms with Crippen molar-refractivity contribution in [1.82, 2.24) is 4.90 Å². The van der Waals surface area contributed by atoms with Gasteiger partial charge in [-0.1, -0.05) is 13.5 Å². The van der Waals surface area contributed by atoms with Gasteiger partial charge >= 0.3 is 0 Å². The Labute approximate surface area is 120 Å². The number of aryl methyl sites for hydroxylation is 1. The monoisotopic (exact) mass is 331 g/mol. The van der Waals surface area contributed by atoms with Crippen molar-refractivity contribution in [2.45, 2.75) is 32.9 Å². The molecule has 1 amide bonds. The lowest BCUT2D eigenvalue weighted by molar-refractivity contribution is -0.129. The van der Waals surface area contributed by atoms with Crippen LogP contribution in [-0.2, 0) is 17.8 Å². The van der Waals surface area contributed by atoms with Crippen molar-refractivity contribution in [2.75, 3.05) is 6.61 Å². The van der Waals surface area contributed by atoms with Gasteiger partial charge in [0.15, 0.2) is 0 Å². The summed E-state index contributed by atoms with van der Waals surface area (Å²) < 4.78 is 1.02. The number of carbonyl (C=O) groups excluding carboxylic acids is 1. The van der Waals surface area contributed by atoms with Crippen molar-refractivity contribution < 1.29 is 9.90 Å². The van der Waals surface area contributed by atoms with E-state index >= 15 is 0 Å². The Morgan fingerprint density at radius 1 is 1.72 bits per heavy atom. The number of hydrogen-bond acceptors (Lipinski definition) is 3. The van der Waals surface area contributed by atoms with E-state index < -0.39 is 0 Å². The summed E-state index contributed by atoms with van der Waals surface area (Å²) in [6.07, 6.45) is 2.27. The van der Waals surface area contributed by atoms with Crippen molar-refractivity contribution in [3.05, 3.63) is 32.9 Å². The molecule has 0 aromatic carbocycles. The van der Waals surface area contributed by atoms with Gasteiger partial charge in [0.1, 0.15) is 0 Å². The van der Waals surface area contributed by atoms with Gasteiger partial charge < -0.3 is 10.0 Å². The van der Waals surface area contributed by atoms with Crippen LogP contribution < -0.4 is 0 Å². The average Bonchev–Trinajstić information content (AvgIpc) is 2.74. The van der Waals surface area contributed by atoms with Gasteiger partial charge in [0.05, 0.1) is 19.2 Å². The molecule has 18 heavy (non-hydrogen) atoms. The predicted octanol–water partition coefficient (Wildman–Crippen LogP) is 2.97. The highest BCUT2D eigenvalue weighted by molar-refractivity contribution is 9.10. The molecule has 1 N–H and O–H groups in total. The minimum atomic E-state index is -0.213. The highest BCUT2D eigenvalue weighted by Crippen LogP contribution is 2.29. The zero-order valence-electron chi connectivity index (χ0n) is 10.6. The number of amides is 1. The molecule has 0 aliphatic carbocycles. The van der Waals surface area contributed by atoms with Crippen LogP contribution in [0.2, 0.25) is 0 Å². The molecule has 0 bridgehead atoms. The molecule has 0 spiro atoms. The fraction of sp³-hybridized carbons (Fsp3) is 0.462. The number of aliphatic hydroxyl groups is 1. The minimum Gasteiger partial charge on any atom is -0.394 e. The molecule has 0 unspecified atom stereocenters. The van der Waals surface area contributed by atoms with Crippen molar-refractivity contribution in [2.24, 2.45) is 0 Å². The number of thiophene rings is 1. The van der Waals surface area contributed by atoms with E-state index in [-0.39, 0.29) is 18.6 Å². The van der Waals surface area contributed by atoms with Crippen LogP contribution in [0.3, 0.4) is 0 Å². The first-order valence-corrected chi connectivity index (χ1v) is 7.45. The molecule has 3 nitrogen and oxygen atoms in total. The maximum atomic E-state index is 11.8. The van der Waals surface area contributed by atoms with Crippen LogP contribution in [0.15, 0.2) is 23.2 Å². The predicted molar refractivity (Wildman–Crippen MR) is 78.7 cm³/mol. The molecule has 0 aliphatic rings. The smallest absolute Gasteiger partial charge is 0.246 e. The topological polar surface area (TPSA) is 40.5 Å².